The molecule has 0 aromatic rings. The van der Waals surface area contributed by atoms with Gasteiger partial charge in [0.15, 0.2) is 5.78 Å². The van der Waals surface area contributed by atoms with Crippen LogP contribution in [0.1, 0.15) is 20.8 Å². The zero-order valence-electron chi connectivity index (χ0n) is 8.48. The average molecular weight is 198 g/mol. The number of aliphatic hydroxyl groups excluding tert-OH is 1. The van der Waals surface area contributed by atoms with Gasteiger partial charge in [-0.1, -0.05) is 6.08 Å². The molecule has 0 radical (unpaired) electrons. The molecule has 0 aromatic heterocycles. The highest BCUT2D eigenvalue weighted by Crippen LogP contribution is 2.20. The number of ketones is 1. The van der Waals surface area contributed by atoms with Gasteiger partial charge in [0.25, 0.3) is 0 Å². The van der Waals surface area contributed by atoms with Crippen LogP contribution in [-0.2, 0) is 14.3 Å². The van der Waals surface area contributed by atoms with Gasteiger partial charge in [0.2, 0.25) is 0 Å². The molecule has 0 aromatic carbocycles. The SMILES string of the molecule is CC(C)(C)OC(=O)C1C(=O)C=CC1O. The van der Waals surface area contributed by atoms with E-state index in [4.69, 9.17) is 4.74 Å². The van der Waals surface area contributed by atoms with Crippen LogP contribution in [0.4, 0.5) is 0 Å². The van der Waals surface area contributed by atoms with Crippen LogP contribution in [0.2, 0.25) is 0 Å². The van der Waals surface area contributed by atoms with Gasteiger partial charge >= 0.3 is 5.97 Å². The van der Waals surface area contributed by atoms with Crippen molar-refractivity contribution in [2.45, 2.75) is 32.5 Å². The average Bonchev–Trinajstić information content (AvgIpc) is 2.27. The fraction of sp³-hybridized carbons (Fsp3) is 0.600. The predicted octanol–water partition coefficient (Wildman–Crippen LogP) is 0.444. The Morgan fingerprint density at radius 1 is 1.50 bits per heavy atom. The molecular weight excluding hydrogens is 184 g/mol. The van der Waals surface area contributed by atoms with Crippen molar-refractivity contribution in [3.63, 3.8) is 0 Å². The number of allylic oxidation sites excluding steroid dienone is 1. The minimum atomic E-state index is -1.07. The molecule has 0 amide bonds. The summed E-state index contributed by atoms with van der Waals surface area (Å²) in [5.74, 6) is -2.14. The van der Waals surface area contributed by atoms with E-state index >= 15 is 0 Å². The third-order valence-corrected chi connectivity index (χ3v) is 1.77. The van der Waals surface area contributed by atoms with Gasteiger partial charge in [-0.15, -0.1) is 0 Å². The van der Waals surface area contributed by atoms with Gasteiger partial charge in [0.1, 0.15) is 11.5 Å². The van der Waals surface area contributed by atoms with Crippen molar-refractivity contribution in [3.05, 3.63) is 12.2 Å². The van der Waals surface area contributed by atoms with Crippen molar-refractivity contribution in [3.8, 4) is 0 Å². The fourth-order valence-electron chi connectivity index (χ4n) is 1.20. The van der Waals surface area contributed by atoms with E-state index in [1.807, 2.05) is 0 Å². The van der Waals surface area contributed by atoms with E-state index in [1.54, 1.807) is 20.8 Å². The maximum atomic E-state index is 11.4. The lowest BCUT2D eigenvalue weighted by Gasteiger charge is -2.22. The quantitative estimate of drug-likeness (QED) is 0.490. The van der Waals surface area contributed by atoms with Crippen molar-refractivity contribution in [2.75, 3.05) is 0 Å². The summed E-state index contributed by atoms with van der Waals surface area (Å²) in [5.41, 5.74) is -0.639. The first-order valence-corrected chi connectivity index (χ1v) is 4.44. The molecule has 0 spiro atoms. The lowest BCUT2D eigenvalue weighted by molar-refractivity contribution is -0.163. The zero-order chi connectivity index (χ0) is 10.9. The molecule has 14 heavy (non-hydrogen) atoms. The van der Waals surface area contributed by atoms with Gasteiger partial charge in [0.05, 0.1) is 6.10 Å². The molecule has 0 saturated carbocycles. The minimum absolute atomic E-state index is 0.397. The normalized spacial score (nSPS) is 26.7. The Hall–Kier alpha value is -1.16. The molecule has 1 rings (SSSR count). The second-order valence-corrected chi connectivity index (χ2v) is 4.26. The second-order valence-electron chi connectivity index (χ2n) is 4.26. The van der Waals surface area contributed by atoms with Crippen molar-refractivity contribution in [1.29, 1.82) is 0 Å². The van der Waals surface area contributed by atoms with Crippen LogP contribution in [0.25, 0.3) is 0 Å². The molecule has 0 heterocycles. The molecule has 2 atom stereocenters. The number of esters is 1. The molecule has 1 N–H and O–H groups in total. The summed E-state index contributed by atoms with van der Waals surface area (Å²) in [6.07, 6.45) is 1.47. The van der Waals surface area contributed by atoms with Gasteiger partial charge < -0.3 is 9.84 Å². The lowest BCUT2D eigenvalue weighted by atomic mass is 10.0. The molecule has 0 bridgehead atoms. The number of rotatable bonds is 1. The van der Waals surface area contributed by atoms with E-state index in [-0.39, 0.29) is 0 Å². The largest absolute Gasteiger partial charge is 0.459 e. The molecule has 0 fully saturated rings. The van der Waals surface area contributed by atoms with Crippen molar-refractivity contribution < 1.29 is 19.4 Å². The van der Waals surface area contributed by atoms with Crippen LogP contribution in [0.15, 0.2) is 12.2 Å². The van der Waals surface area contributed by atoms with Gasteiger partial charge in [-0.2, -0.15) is 0 Å². The van der Waals surface area contributed by atoms with Gasteiger partial charge in [-0.25, -0.2) is 0 Å². The number of carbonyl (C=O) groups excluding carboxylic acids is 2. The van der Waals surface area contributed by atoms with Gasteiger partial charge in [-0.05, 0) is 26.8 Å². The van der Waals surface area contributed by atoms with E-state index in [9.17, 15) is 14.7 Å². The number of hydrogen-bond acceptors (Lipinski definition) is 4. The summed E-state index contributed by atoms with van der Waals surface area (Å²) < 4.78 is 5.00. The smallest absolute Gasteiger partial charge is 0.320 e. The first kappa shape index (κ1) is 10.9. The molecule has 2 unspecified atom stereocenters. The number of ether oxygens (including phenoxy) is 1. The highest BCUT2D eigenvalue weighted by Gasteiger charge is 2.38. The topological polar surface area (TPSA) is 63.6 Å². The zero-order valence-corrected chi connectivity index (χ0v) is 8.48. The number of carbonyl (C=O) groups is 2. The summed E-state index contributed by atoms with van der Waals surface area (Å²) in [6, 6.07) is 0. The molecule has 1 aliphatic carbocycles. The van der Waals surface area contributed by atoms with Crippen LogP contribution in [0.5, 0.6) is 0 Å². The van der Waals surface area contributed by atoms with Crippen LogP contribution >= 0.6 is 0 Å². The molecular formula is C10H14O4. The Bertz CT molecular complexity index is 285. The van der Waals surface area contributed by atoms with Crippen molar-refractivity contribution in [2.24, 2.45) is 5.92 Å². The van der Waals surface area contributed by atoms with Crippen LogP contribution < -0.4 is 0 Å². The molecule has 4 heteroatoms. The Balaban J connectivity index is 2.67. The van der Waals surface area contributed by atoms with Crippen LogP contribution in [0.3, 0.4) is 0 Å². The summed E-state index contributed by atoms with van der Waals surface area (Å²) in [7, 11) is 0. The first-order chi connectivity index (χ1) is 6.31. The number of aliphatic hydroxyl groups is 1. The molecule has 1 aliphatic rings. The number of hydrogen-bond donors (Lipinski definition) is 1. The van der Waals surface area contributed by atoms with Gasteiger partial charge in [0, 0.05) is 0 Å². The molecule has 78 valence electrons. The maximum absolute atomic E-state index is 11.4. The van der Waals surface area contributed by atoms with E-state index in [2.05, 4.69) is 0 Å². The molecule has 0 saturated heterocycles. The maximum Gasteiger partial charge on any atom is 0.320 e. The monoisotopic (exact) mass is 198 g/mol. The van der Waals surface area contributed by atoms with Gasteiger partial charge in [-0.3, -0.25) is 9.59 Å². The van der Waals surface area contributed by atoms with E-state index in [0.29, 0.717) is 0 Å². The lowest BCUT2D eigenvalue weighted by Crippen LogP contribution is -2.35. The summed E-state index contributed by atoms with van der Waals surface area (Å²) in [4.78, 5) is 22.6. The standard InChI is InChI=1S/C10H14O4/c1-10(2,3)14-9(13)8-6(11)4-5-7(8)12/h4-6,8,11H,1-3H3. The summed E-state index contributed by atoms with van der Waals surface area (Å²) in [6.45, 7) is 5.14. The molecule has 0 aliphatic heterocycles. The second kappa shape index (κ2) is 3.53. The minimum Gasteiger partial charge on any atom is -0.459 e. The molecule has 4 nitrogen and oxygen atoms in total. The first-order valence-electron chi connectivity index (χ1n) is 4.44. The highest BCUT2D eigenvalue weighted by atomic mass is 16.6. The Labute approximate surface area is 82.6 Å². The summed E-state index contributed by atoms with van der Waals surface area (Å²) >= 11 is 0. The third kappa shape index (κ3) is 2.42. The fourth-order valence-corrected chi connectivity index (χ4v) is 1.20. The van der Waals surface area contributed by atoms with Crippen molar-refractivity contribution in [1.82, 2.24) is 0 Å². The van der Waals surface area contributed by atoms with E-state index in [1.165, 1.54) is 12.2 Å². The summed E-state index contributed by atoms with van der Waals surface area (Å²) in [5, 5.41) is 9.32. The predicted molar refractivity (Wildman–Crippen MR) is 49.5 cm³/mol. The van der Waals surface area contributed by atoms with Crippen molar-refractivity contribution >= 4 is 11.8 Å². The third-order valence-electron chi connectivity index (χ3n) is 1.77. The Morgan fingerprint density at radius 2 is 2.07 bits per heavy atom. The highest BCUT2D eigenvalue weighted by molar-refractivity contribution is 6.07. The van der Waals surface area contributed by atoms with Crippen LogP contribution in [-0.4, -0.2) is 28.6 Å². The van der Waals surface area contributed by atoms with E-state index < -0.39 is 29.4 Å². The van der Waals surface area contributed by atoms with E-state index in [0.717, 1.165) is 0 Å². The Morgan fingerprint density at radius 3 is 2.43 bits per heavy atom. The van der Waals surface area contributed by atoms with Crippen LogP contribution in [0, 0.1) is 5.92 Å². The Kier molecular flexibility index (Phi) is 2.76.